The third-order valence-electron chi connectivity index (χ3n) is 2.56. The smallest absolute Gasteiger partial charge is 0.261 e. The summed E-state index contributed by atoms with van der Waals surface area (Å²) in [4.78, 5) is -0.0679. The molecule has 2 rings (SSSR count). The molecule has 0 bridgehead atoms. The van der Waals surface area contributed by atoms with Gasteiger partial charge >= 0.3 is 0 Å². The molecule has 0 radical (unpaired) electrons. The van der Waals surface area contributed by atoms with Gasteiger partial charge in [-0.25, -0.2) is 12.8 Å². The molecule has 0 saturated heterocycles. The molecule has 0 fully saturated rings. The molecular formula is C12H12FNO3S2. The average molecular weight is 301 g/mol. The number of hydrogen-bond acceptors (Lipinski definition) is 4. The molecule has 102 valence electrons. The second-order valence-corrected chi connectivity index (χ2v) is 6.45. The zero-order valence-electron chi connectivity index (χ0n) is 10.1. The van der Waals surface area contributed by atoms with Crippen LogP contribution in [0.25, 0.3) is 0 Å². The van der Waals surface area contributed by atoms with Gasteiger partial charge in [0.25, 0.3) is 10.0 Å². The van der Waals surface area contributed by atoms with E-state index < -0.39 is 22.4 Å². The van der Waals surface area contributed by atoms with Crippen LogP contribution in [0.4, 0.5) is 10.1 Å². The lowest BCUT2D eigenvalue weighted by Crippen LogP contribution is -2.13. The van der Waals surface area contributed by atoms with E-state index in [1.165, 1.54) is 24.3 Å². The highest BCUT2D eigenvalue weighted by Gasteiger charge is 2.18. The van der Waals surface area contributed by atoms with Crippen molar-refractivity contribution in [1.29, 1.82) is 0 Å². The van der Waals surface area contributed by atoms with E-state index in [9.17, 15) is 12.8 Å². The zero-order chi connectivity index (χ0) is 14.0. The number of thiophene rings is 1. The molecule has 4 nitrogen and oxygen atoms in total. The zero-order valence-corrected chi connectivity index (χ0v) is 11.7. The fraction of sp³-hybridized carbons (Fsp3) is 0.167. The fourth-order valence-corrected chi connectivity index (χ4v) is 3.46. The maximum Gasteiger partial charge on any atom is 0.261 e. The second kappa shape index (κ2) is 5.28. The number of benzene rings is 1. The topological polar surface area (TPSA) is 66.4 Å². The molecule has 0 unspecified atom stereocenters. The Morgan fingerprint density at radius 1 is 1.42 bits per heavy atom. The van der Waals surface area contributed by atoms with Crippen molar-refractivity contribution in [2.24, 2.45) is 0 Å². The highest BCUT2D eigenvalue weighted by atomic mass is 32.2. The van der Waals surface area contributed by atoms with Gasteiger partial charge in [-0.1, -0.05) is 0 Å². The Labute approximate surface area is 114 Å². The molecule has 0 aliphatic carbocycles. The molecule has 19 heavy (non-hydrogen) atoms. The maximum absolute atomic E-state index is 13.6. The molecule has 1 heterocycles. The van der Waals surface area contributed by atoms with Gasteiger partial charge in [0.05, 0.1) is 17.2 Å². The molecule has 0 aliphatic rings. The number of sulfonamides is 1. The summed E-state index contributed by atoms with van der Waals surface area (Å²) < 4.78 is 40.2. The molecule has 2 aromatic rings. The van der Waals surface area contributed by atoms with E-state index in [1.54, 1.807) is 16.8 Å². The summed E-state index contributed by atoms with van der Waals surface area (Å²) in [6.45, 7) is 0.909. The van der Waals surface area contributed by atoms with Crippen LogP contribution in [0, 0.1) is 12.7 Å². The summed E-state index contributed by atoms with van der Waals surface area (Å²) in [7, 11) is -3.78. The third kappa shape index (κ3) is 2.94. The Bertz CT molecular complexity index is 681. The first-order valence-electron chi connectivity index (χ1n) is 5.39. The minimum atomic E-state index is -3.78. The number of nitrogens with one attached hydrogen (secondary N) is 1. The molecule has 1 aromatic carbocycles. The van der Waals surface area contributed by atoms with Crippen LogP contribution in [0.15, 0.2) is 33.9 Å². The first-order valence-corrected chi connectivity index (χ1v) is 7.81. The van der Waals surface area contributed by atoms with E-state index in [-0.39, 0.29) is 16.0 Å². The average Bonchev–Trinajstić information content (AvgIpc) is 2.84. The molecule has 7 heteroatoms. The predicted molar refractivity (Wildman–Crippen MR) is 72.2 cm³/mol. The van der Waals surface area contributed by atoms with Crippen LogP contribution in [0.5, 0.6) is 0 Å². The van der Waals surface area contributed by atoms with Gasteiger partial charge in [0.1, 0.15) is 5.82 Å². The van der Waals surface area contributed by atoms with Gasteiger partial charge in [0.2, 0.25) is 0 Å². The van der Waals surface area contributed by atoms with Crippen LogP contribution < -0.4 is 4.72 Å². The van der Waals surface area contributed by atoms with Crippen LogP contribution in [0.1, 0.15) is 11.1 Å². The van der Waals surface area contributed by atoms with Gasteiger partial charge < -0.3 is 5.11 Å². The highest BCUT2D eigenvalue weighted by Crippen LogP contribution is 2.22. The van der Waals surface area contributed by atoms with Crippen molar-refractivity contribution >= 4 is 27.0 Å². The number of rotatable bonds is 4. The lowest BCUT2D eigenvalue weighted by molar-refractivity contribution is 0.275. The second-order valence-electron chi connectivity index (χ2n) is 3.99. The van der Waals surface area contributed by atoms with Crippen LogP contribution in [0.3, 0.4) is 0 Å². The molecule has 0 saturated carbocycles. The Morgan fingerprint density at radius 3 is 2.74 bits per heavy atom. The highest BCUT2D eigenvalue weighted by molar-refractivity contribution is 7.92. The molecule has 0 aliphatic heterocycles. The van der Waals surface area contributed by atoms with Crippen LogP contribution in [-0.4, -0.2) is 13.5 Å². The third-order valence-corrected chi connectivity index (χ3v) is 4.60. The quantitative estimate of drug-likeness (QED) is 0.912. The number of hydrogen-bond donors (Lipinski definition) is 2. The number of aryl methyl sites for hydroxylation is 1. The van der Waals surface area contributed by atoms with E-state index in [4.69, 9.17) is 5.11 Å². The number of anilines is 1. The van der Waals surface area contributed by atoms with Crippen LogP contribution >= 0.6 is 11.3 Å². The van der Waals surface area contributed by atoms with Crippen molar-refractivity contribution in [2.45, 2.75) is 18.4 Å². The van der Waals surface area contributed by atoms with Crippen molar-refractivity contribution in [1.82, 2.24) is 0 Å². The van der Waals surface area contributed by atoms with Gasteiger partial charge in [-0.15, -0.1) is 0 Å². The number of halogens is 1. The summed E-state index contributed by atoms with van der Waals surface area (Å²) in [5.74, 6) is -0.586. The first kappa shape index (κ1) is 14.0. The summed E-state index contributed by atoms with van der Waals surface area (Å²) in [5, 5.41) is 12.4. The van der Waals surface area contributed by atoms with E-state index in [2.05, 4.69) is 4.72 Å². The lowest BCUT2D eigenvalue weighted by Gasteiger charge is -2.10. The Balaban J connectivity index is 2.43. The van der Waals surface area contributed by atoms with Crippen LogP contribution in [-0.2, 0) is 16.6 Å². The lowest BCUT2D eigenvalue weighted by atomic mass is 10.1. The van der Waals surface area contributed by atoms with Crippen molar-refractivity contribution in [3.05, 3.63) is 45.9 Å². The molecule has 0 atom stereocenters. The molecule has 0 spiro atoms. The molecule has 1 aromatic heterocycles. The van der Waals surface area contributed by atoms with Gasteiger partial charge in [0, 0.05) is 10.9 Å². The van der Waals surface area contributed by atoms with Gasteiger partial charge in [0.15, 0.2) is 0 Å². The number of aliphatic hydroxyl groups excluding tert-OH is 1. The SMILES string of the molecule is Cc1cc(S(=O)(=O)Nc2ccsc2)cc(CO)c1F. The minimum absolute atomic E-state index is 0.0364. The van der Waals surface area contributed by atoms with Crippen LogP contribution in [0.2, 0.25) is 0 Å². The Hall–Kier alpha value is -1.44. The van der Waals surface area contributed by atoms with E-state index in [0.29, 0.717) is 5.69 Å². The van der Waals surface area contributed by atoms with E-state index in [0.717, 1.165) is 6.07 Å². The minimum Gasteiger partial charge on any atom is -0.392 e. The summed E-state index contributed by atoms with van der Waals surface area (Å²) >= 11 is 1.36. The monoisotopic (exact) mass is 301 g/mol. The van der Waals surface area contributed by atoms with E-state index in [1.807, 2.05) is 0 Å². The van der Waals surface area contributed by atoms with Crippen molar-refractivity contribution < 1.29 is 17.9 Å². The Kier molecular flexibility index (Phi) is 3.88. The predicted octanol–water partition coefficient (Wildman–Crippen LogP) is 2.49. The summed E-state index contributed by atoms with van der Waals surface area (Å²) in [5.41, 5.74) is 0.598. The normalized spacial score (nSPS) is 11.5. The fourth-order valence-electron chi connectivity index (χ4n) is 1.61. The standard InChI is InChI=1S/C12H12FNO3S2/c1-8-4-11(5-9(6-15)12(8)13)19(16,17)14-10-2-3-18-7-10/h2-5,7,14-15H,6H2,1H3. The molecule has 0 amide bonds. The largest absolute Gasteiger partial charge is 0.392 e. The summed E-state index contributed by atoms with van der Waals surface area (Å²) in [6.07, 6.45) is 0. The van der Waals surface area contributed by atoms with Crippen molar-refractivity contribution in [3.8, 4) is 0 Å². The number of aliphatic hydroxyl groups is 1. The Morgan fingerprint density at radius 2 is 2.16 bits per heavy atom. The van der Waals surface area contributed by atoms with Gasteiger partial charge in [-0.05, 0) is 36.1 Å². The maximum atomic E-state index is 13.6. The van der Waals surface area contributed by atoms with E-state index >= 15 is 0 Å². The van der Waals surface area contributed by atoms with Gasteiger partial charge in [-0.3, -0.25) is 4.72 Å². The summed E-state index contributed by atoms with van der Waals surface area (Å²) in [6, 6.07) is 4.01. The first-order chi connectivity index (χ1) is 8.94. The molecular weight excluding hydrogens is 289 g/mol. The van der Waals surface area contributed by atoms with Crippen molar-refractivity contribution in [3.63, 3.8) is 0 Å². The molecule has 2 N–H and O–H groups in total. The van der Waals surface area contributed by atoms with Crippen molar-refractivity contribution in [2.75, 3.05) is 4.72 Å². The van der Waals surface area contributed by atoms with Gasteiger partial charge in [-0.2, -0.15) is 11.3 Å².